The molecular formula is C16H21N3O2. The van der Waals surface area contributed by atoms with Crippen LogP contribution in [0.1, 0.15) is 25.5 Å². The first-order chi connectivity index (χ1) is 10.2. The summed E-state index contributed by atoms with van der Waals surface area (Å²) in [5.41, 5.74) is 1.05. The lowest BCUT2D eigenvalue weighted by molar-refractivity contribution is -0.116. The van der Waals surface area contributed by atoms with Gasteiger partial charge >= 0.3 is 0 Å². The molecule has 1 amide bonds. The number of benzene rings is 1. The highest BCUT2D eigenvalue weighted by atomic mass is 16.5. The first-order valence-electron chi connectivity index (χ1n) is 7.21. The van der Waals surface area contributed by atoms with Crippen molar-refractivity contribution in [3.8, 4) is 5.75 Å². The Morgan fingerprint density at radius 2 is 2.10 bits per heavy atom. The first-order valence-corrected chi connectivity index (χ1v) is 7.21. The van der Waals surface area contributed by atoms with Gasteiger partial charge in [-0.1, -0.05) is 25.1 Å². The molecule has 0 unspecified atom stereocenters. The quantitative estimate of drug-likeness (QED) is 0.851. The lowest BCUT2D eigenvalue weighted by atomic mass is 10.3. The number of nitrogens with zero attached hydrogens (tertiary/aromatic N) is 2. The van der Waals surface area contributed by atoms with Crippen LogP contribution in [0.15, 0.2) is 36.4 Å². The van der Waals surface area contributed by atoms with Gasteiger partial charge in [-0.15, -0.1) is 0 Å². The van der Waals surface area contributed by atoms with Crippen molar-refractivity contribution in [2.24, 2.45) is 0 Å². The Kier molecular flexibility index (Phi) is 5.37. The molecule has 112 valence electrons. The van der Waals surface area contributed by atoms with Crippen LogP contribution in [0.5, 0.6) is 5.75 Å². The lowest BCUT2D eigenvalue weighted by Gasteiger charge is -2.05. The maximum atomic E-state index is 11.8. The molecule has 0 saturated heterocycles. The molecule has 0 saturated carbocycles. The highest BCUT2D eigenvalue weighted by molar-refractivity contribution is 5.89. The zero-order valence-electron chi connectivity index (χ0n) is 12.5. The third-order valence-electron chi connectivity index (χ3n) is 3.03. The molecule has 0 aliphatic rings. The van der Waals surface area contributed by atoms with Crippen molar-refractivity contribution in [1.29, 1.82) is 0 Å². The number of hydrogen-bond donors (Lipinski definition) is 1. The Balaban J connectivity index is 1.78. The molecule has 1 heterocycles. The van der Waals surface area contributed by atoms with Crippen molar-refractivity contribution < 1.29 is 9.53 Å². The topological polar surface area (TPSA) is 56.2 Å². The molecule has 5 heteroatoms. The van der Waals surface area contributed by atoms with E-state index in [0.29, 0.717) is 18.8 Å². The second-order valence-electron chi connectivity index (χ2n) is 4.85. The summed E-state index contributed by atoms with van der Waals surface area (Å²) in [6.45, 7) is 5.29. The molecule has 0 aliphatic carbocycles. The van der Waals surface area contributed by atoms with E-state index in [1.807, 2.05) is 48.0 Å². The lowest BCUT2D eigenvalue weighted by Crippen LogP contribution is -2.15. The van der Waals surface area contributed by atoms with Gasteiger partial charge in [0.2, 0.25) is 5.91 Å². The summed E-state index contributed by atoms with van der Waals surface area (Å²) in [6, 6.07) is 11.3. The van der Waals surface area contributed by atoms with Crippen LogP contribution in [0, 0.1) is 6.92 Å². The zero-order chi connectivity index (χ0) is 15.1. The van der Waals surface area contributed by atoms with Crippen LogP contribution in [0.25, 0.3) is 0 Å². The SMILES string of the molecule is CCCn1nc(NC(=O)CCOc2ccccc2)cc1C. The van der Waals surface area contributed by atoms with Crippen molar-refractivity contribution in [3.05, 3.63) is 42.1 Å². The summed E-state index contributed by atoms with van der Waals surface area (Å²) in [7, 11) is 0. The maximum Gasteiger partial charge on any atom is 0.229 e. The molecule has 0 aliphatic heterocycles. The highest BCUT2D eigenvalue weighted by Gasteiger charge is 2.07. The average Bonchev–Trinajstić information content (AvgIpc) is 2.80. The summed E-state index contributed by atoms with van der Waals surface area (Å²) in [4.78, 5) is 11.8. The van der Waals surface area contributed by atoms with E-state index in [0.717, 1.165) is 24.4 Å². The molecular weight excluding hydrogens is 266 g/mol. The average molecular weight is 287 g/mol. The molecule has 5 nitrogen and oxygen atoms in total. The van der Waals surface area contributed by atoms with E-state index in [9.17, 15) is 4.79 Å². The minimum atomic E-state index is -0.0907. The standard InChI is InChI=1S/C16H21N3O2/c1-3-10-19-13(2)12-15(18-19)17-16(20)9-11-21-14-7-5-4-6-8-14/h4-8,12H,3,9-11H2,1-2H3,(H,17,18,20). The van der Waals surface area contributed by atoms with Crippen LogP contribution in [-0.4, -0.2) is 22.3 Å². The van der Waals surface area contributed by atoms with E-state index in [4.69, 9.17) is 4.74 Å². The van der Waals surface area contributed by atoms with E-state index in [2.05, 4.69) is 17.3 Å². The number of rotatable bonds is 7. The van der Waals surface area contributed by atoms with Crippen LogP contribution in [-0.2, 0) is 11.3 Å². The first kappa shape index (κ1) is 15.1. The third kappa shape index (κ3) is 4.63. The Hall–Kier alpha value is -2.30. The van der Waals surface area contributed by atoms with E-state index in [1.165, 1.54) is 0 Å². The van der Waals surface area contributed by atoms with Crippen molar-refractivity contribution >= 4 is 11.7 Å². The minimum Gasteiger partial charge on any atom is -0.493 e. The molecule has 0 atom stereocenters. The number of para-hydroxylation sites is 1. The van der Waals surface area contributed by atoms with Crippen LogP contribution in [0.3, 0.4) is 0 Å². The fraction of sp³-hybridized carbons (Fsp3) is 0.375. The number of aromatic nitrogens is 2. The molecule has 1 aromatic carbocycles. The minimum absolute atomic E-state index is 0.0907. The maximum absolute atomic E-state index is 11.8. The number of aryl methyl sites for hydroxylation is 2. The number of anilines is 1. The fourth-order valence-corrected chi connectivity index (χ4v) is 1.99. The van der Waals surface area contributed by atoms with Gasteiger partial charge in [0.15, 0.2) is 5.82 Å². The van der Waals surface area contributed by atoms with Crippen molar-refractivity contribution in [1.82, 2.24) is 9.78 Å². The van der Waals surface area contributed by atoms with Gasteiger partial charge in [-0.2, -0.15) is 5.10 Å². The Bertz CT molecular complexity index is 578. The summed E-state index contributed by atoms with van der Waals surface area (Å²) in [6.07, 6.45) is 1.31. The monoisotopic (exact) mass is 287 g/mol. The van der Waals surface area contributed by atoms with E-state index in [-0.39, 0.29) is 5.91 Å². The van der Waals surface area contributed by atoms with Gasteiger partial charge in [-0.05, 0) is 25.5 Å². The van der Waals surface area contributed by atoms with Gasteiger partial charge in [0.1, 0.15) is 5.75 Å². The number of amides is 1. The van der Waals surface area contributed by atoms with Crippen LogP contribution in [0.4, 0.5) is 5.82 Å². The van der Waals surface area contributed by atoms with E-state index >= 15 is 0 Å². The highest BCUT2D eigenvalue weighted by Crippen LogP contribution is 2.11. The number of hydrogen-bond acceptors (Lipinski definition) is 3. The normalized spacial score (nSPS) is 10.4. The Morgan fingerprint density at radius 3 is 2.81 bits per heavy atom. The summed E-state index contributed by atoms with van der Waals surface area (Å²) < 4.78 is 7.39. The van der Waals surface area contributed by atoms with Crippen LogP contribution in [0.2, 0.25) is 0 Å². The summed E-state index contributed by atoms with van der Waals surface area (Å²) >= 11 is 0. The van der Waals surface area contributed by atoms with E-state index < -0.39 is 0 Å². The molecule has 0 fully saturated rings. The van der Waals surface area contributed by atoms with Gasteiger partial charge in [0.25, 0.3) is 0 Å². The molecule has 1 aromatic heterocycles. The molecule has 0 bridgehead atoms. The molecule has 2 aromatic rings. The molecule has 0 radical (unpaired) electrons. The molecule has 2 rings (SSSR count). The van der Waals surface area contributed by atoms with Crippen LogP contribution >= 0.6 is 0 Å². The second-order valence-corrected chi connectivity index (χ2v) is 4.85. The smallest absolute Gasteiger partial charge is 0.229 e. The molecule has 21 heavy (non-hydrogen) atoms. The fourth-order valence-electron chi connectivity index (χ4n) is 1.99. The molecule has 1 N–H and O–H groups in total. The summed E-state index contributed by atoms with van der Waals surface area (Å²) in [5, 5.41) is 7.15. The number of ether oxygens (including phenoxy) is 1. The largest absolute Gasteiger partial charge is 0.493 e. The molecule has 0 spiro atoms. The number of carbonyl (C=O) groups excluding carboxylic acids is 1. The van der Waals surface area contributed by atoms with Crippen LogP contribution < -0.4 is 10.1 Å². The van der Waals surface area contributed by atoms with E-state index in [1.54, 1.807) is 0 Å². The number of nitrogens with one attached hydrogen (secondary N) is 1. The van der Waals surface area contributed by atoms with Gasteiger partial charge in [0.05, 0.1) is 13.0 Å². The van der Waals surface area contributed by atoms with Crippen molar-refractivity contribution in [2.45, 2.75) is 33.2 Å². The van der Waals surface area contributed by atoms with Gasteiger partial charge in [-0.25, -0.2) is 0 Å². The van der Waals surface area contributed by atoms with Crippen molar-refractivity contribution in [3.63, 3.8) is 0 Å². The number of carbonyl (C=O) groups is 1. The summed E-state index contributed by atoms with van der Waals surface area (Å²) in [5.74, 6) is 1.28. The Morgan fingerprint density at radius 1 is 1.33 bits per heavy atom. The zero-order valence-corrected chi connectivity index (χ0v) is 12.5. The van der Waals surface area contributed by atoms with Gasteiger partial charge in [0, 0.05) is 18.3 Å². The predicted octanol–water partition coefficient (Wildman–Crippen LogP) is 3.01. The van der Waals surface area contributed by atoms with Gasteiger partial charge in [-0.3, -0.25) is 9.48 Å². The van der Waals surface area contributed by atoms with Crippen molar-refractivity contribution in [2.75, 3.05) is 11.9 Å². The Labute approximate surface area is 124 Å². The second kappa shape index (κ2) is 7.47. The third-order valence-corrected chi connectivity index (χ3v) is 3.03. The predicted molar refractivity (Wildman–Crippen MR) is 82.4 cm³/mol. The van der Waals surface area contributed by atoms with Gasteiger partial charge < -0.3 is 10.1 Å².